The van der Waals surface area contributed by atoms with E-state index in [1.165, 1.54) is 6.08 Å². The van der Waals surface area contributed by atoms with E-state index in [2.05, 4.69) is 41.7 Å². The zero-order valence-corrected chi connectivity index (χ0v) is 28.5. The number of hydrogen-bond donors (Lipinski definition) is 4. The fraction of sp³-hybridized carbons (Fsp3) is 0.781. The van der Waals surface area contributed by atoms with Crippen LogP contribution in [0.15, 0.2) is 12.7 Å². The van der Waals surface area contributed by atoms with Gasteiger partial charge in [-0.3, -0.25) is 23.4 Å². The van der Waals surface area contributed by atoms with Crippen molar-refractivity contribution < 1.29 is 28.2 Å². The van der Waals surface area contributed by atoms with E-state index >= 15 is 0 Å². The van der Waals surface area contributed by atoms with Crippen molar-refractivity contribution in [3.05, 3.63) is 12.7 Å². The van der Waals surface area contributed by atoms with Gasteiger partial charge >= 0.3 is 6.03 Å². The molecule has 2 saturated heterocycles. The molecule has 248 valence electrons. The zero-order valence-electron chi connectivity index (χ0n) is 27.7. The number of carbonyl (C=O) groups excluding carboxylic acids is 5. The first-order valence-corrected chi connectivity index (χ1v) is 17.3. The van der Waals surface area contributed by atoms with E-state index in [0.717, 1.165) is 12.8 Å². The number of nitrogens with one attached hydrogen (secondary N) is 4. The summed E-state index contributed by atoms with van der Waals surface area (Å²) in [6, 6.07) is -3.62. The Hall–Kier alpha value is -2.76. The van der Waals surface area contributed by atoms with Crippen LogP contribution in [0.3, 0.4) is 0 Å². The van der Waals surface area contributed by atoms with Crippen molar-refractivity contribution in [1.82, 2.24) is 26.2 Å². The molecule has 0 aromatic carbocycles. The van der Waals surface area contributed by atoms with Crippen LogP contribution >= 0.6 is 0 Å². The molecule has 5 amide bonds. The molecule has 0 spiro atoms. The van der Waals surface area contributed by atoms with Crippen LogP contribution in [-0.4, -0.2) is 86.9 Å². The average Bonchev–Trinajstić information content (AvgIpc) is 3.29. The Balaban J connectivity index is 1.81. The third-order valence-electron chi connectivity index (χ3n) is 9.58. The molecule has 12 heteroatoms. The minimum Gasteiger partial charge on any atom is -0.346 e. The lowest BCUT2D eigenvalue weighted by atomic mass is 9.85. The van der Waals surface area contributed by atoms with E-state index in [1.807, 2.05) is 41.5 Å². The maximum Gasteiger partial charge on any atom is 0.315 e. The van der Waals surface area contributed by atoms with Crippen LogP contribution in [0.25, 0.3) is 0 Å². The fourth-order valence-electron chi connectivity index (χ4n) is 6.92. The predicted molar refractivity (Wildman–Crippen MR) is 171 cm³/mol. The molecule has 1 saturated carbocycles. The van der Waals surface area contributed by atoms with E-state index in [0.29, 0.717) is 18.7 Å². The Labute approximate surface area is 264 Å². The highest BCUT2D eigenvalue weighted by molar-refractivity contribution is 7.86. The number of piperidine rings is 1. The summed E-state index contributed by atoms with van der Waals surface area (Å²) in [5.41, 5.74) is -0.862. The molecule has 8 atom stereocenters. The summed E-state index contributed by atoms with van der Waals surface area (Å²) >= 11 is 0. The van der Waals surface area contributed by atoms with Crippen molar-refractivity contribution in [3.8, 4) is 0 Å². The van der Waals surface area contributed by atoms with Gasteiger partial charge in [-0.05, 0) is 47.8 Å². The summed E-state index contributed by atoms with van der Waals surface area (Å²) in [4.78, 5) is 68.3. The van der Waals surface area contributed by atoms with Crippen molar-refractivity contribution in [2.24, 2.45) is 28.6 Å². The first kappa shape index (κ1) is 35.7. The number of hydrogen-bond acceptors (Lipinski definition) is 6. The average molecular weight is 636 g/mol. The fourth-order valence-corrected chi connectivity index (χ4v) is 8.81. The molecule has 0 aromatic rings. The maximum atomic E-state index is 14.2. The van der Waals surface area contributed by atoms with Crippen LogP contribution < -0.4 is 21.3 Å². The van der Waals surface area contributed by atoms with Crippen LogP contribution in [0, 0.1) is 28.6 Å². The Kier molecular flexibility index (Phi) is 11.5. The van der Waals surface area contributed by atoms with E-state index in [9.17, 15) is 28.2 Å². The Morgan fingerprint density at radius 2 is 1.75 bits per heavy atom. The second kappa shape index (κ2) is 14.1. The quantitative estimate of drug-likeness (QED) is 0.180. The Morgan fingerprint density at radius 1 is 1.09 bits per heavy atom. The predicted octanol–water partition coefficient (Wildman–Crippen LogP) is 2.28. The number of urea groups is 1. The van der Waals surface area contributed by atoms with Crippen LogP contribution in [0.4, 0.5) is 4.79 Å². The van der Waals surface area contributed by atoms with Crippen LogP contribution in [-0.2, 0) is 30.0 Å². The molecule has 5 unspecified atom stereocenters. The second-order valence-corrected chi connectivity index (χ2v) is 16.3. The number of likely N-dealkylation sites (tertiary alicyclic amines) is 1. The zero-order chi connectivity index (χ0) is 33.1. The smallest absolute Gasteiger partial charge is 0.315 e. The first-order valence-electron chi connectivity index (χ1n) is 15.9. The highest BCUT2D eigenvalue weighted by Gasteiger charge is 2.70. The number of fused-ring (bicyclic) bond motifs is 1. The van der Waals surface area contributed by atoms with Gasteiger partial charge in [0.1, 0.15) is 12.1 Å². The molecule has 3 fully saturated rings. The van der Waals surface area contributed by atoms with Gasteiger partial charge in [-0.1, -0.05) is 67.9 Å². The standard InChI is InChI=1S/C32H53N5O6S/c1-10-13-20(25(38)28(40)33-15-11-2)34-27(39)24-22-19(32(22,8)9)17-37(24)29(41)26(31(5,6)7)36-30(42)35-23(18(3)4)21-14-12-16-44(21)43/h11,18-24,26H,2,10,12-17H2,1,3-9H3,(H,33,40)(H,34,39)(H2,35,36,42)/t19-,20?,21?,22?,23?,24-,26+,44?/m0/s1. The van der Waals surface area contributed by atoms with Gasteiger partial charge in [0, 0.05) is 35.7 Å². The van der Waals surface area contributed by atoms with E-state index < -0.39 is 58.0 Å². The highest BCUT2D eigenvalue weighted by atomic mass is 32.2. The van der Waals surface area contributed by atoms with Gasteiger partial charge in [-0.2, -0.15) is 0 Å². The van der Waals surface area contributed by atoms with Gasteiger partial charge in [0.15, 0.2) is 0 Å². The van der Waals surface area contributed by atoms with Gasteiger partial charge in [0.05, 0.1) is 11.3 Å². The lowest BCUT2D eigenvalue weighted by molar-refractivity contribution is -0.145. The third kappa shape index (κ3) is 7.72. The highest BCUT2D eigenvalue weighted by Crippen LogP contribution is 2.65. The Bertz CT molecular complexity index is 1160. The SMILES string of the molecule is C=CCNC(=O)C(=O)C(CCC)NC(=O)[C@@H]1C2[C@H](CN1C(=O)[C@@H](NC(=O)NC(C(C)C)C1CCCS1=O)C(C)(C)C)C2(C)C. The van der Waals surface area contributed by atoms with Gasteiger partial charge in [0.25, 0.3) is 5.91 Å². The minimum absolute atomic E-state index is 0.0511. The first-order chi connectivity index (χ1) is 20.5. The number of nitrogens with zero attached hydrogens (tertiary/aromatic N) is 1. The lowest BCUT2D eigenvalue weighted by Gasteiger charge is -2.38. The molecule has 0 radical (unpaired) electrons. The lowest BCUT2D eigenvalue weighted by Crippen LogP contribution is -2.62. The van der Waals surface area contributed by atoms with Crippen molar-refractivity contribution in [3.63, 3.8) is 0 Å². The largest absolute Gasteiger partial charge is 0.346 e. The van der Waals surface area contributed by atoms with Crippen LogP contribution in [0.2, 0.25) is 0 Å². The minimum atomic E-state index is -1.02. The summed E-state index contributed by atoms with van der Waals surface area (Å²) in [5.74, 6) is -1.72. The number of carbonyl (C=O) groups is 5. The van der Waals surface area contributed by atoms with Crippen molar-refractivity contribution >= 4 is 40.3 Å². The molecule has 11 nitrogen and oxygen atoms in total. The van der Waals surface area contributed by atoms with E-state index in [4.69, 9.17) is 0 Å². The molecule has 2 heterocycles. The van der Waals surface area contributed by atoms with Crippen molar-refractivity contribution in [2.45, 2.75) is 110 Å². The topological polar surface area (TPSA) is 154 Å². The van der Waals surface area contributed by atoms with Gasteiger partial charge in [-0.25, -0.2) is 4.79 Å². The molecule has 0 bridgehead atoms. The number of ketones is 1. The molecule has 2 aliphatic heterocycles. The monoisotopic (exact) mass is 635 g/mol. The van der Waals surface area contributed by atoms with Crippen molar-refractivity contribution in [1.29, 1.82) is 0 Å². The molecule has 0 aromatic heterocycles. The molecular formula is C32H53N5O6S. The van der Waals surface area contributed by atoms with Gasteiger partial charge in [-0.15, -0.1) is 6.58 Å². The summed E-state index contributed by atoms with van der Waals surface area (Å²) in [6.45, 7) is 19.5. The Morgan fingerprint density at radius 3 is 2.27 bits per heavy atom. The third-order valence-corrected chi connectivity index (χ3v) is 11.5. The normalized spacial score (nSPS) is 27.5. The van der Waals surface area contributed by atoms with Crippen molar-refractivity contribution in [2.75, 3.05) is 18.8 Å². The molecule has 3 rings (SSSR count). The molecule has 3 aliphatic rings. The summed E-state index contributed by atoms with van der Waals surface area (Å²) in [7, 11) is -1.02. The van der Waals surface area contributed by atoms with E-state index in [-0.39, 0.29) is 53.3 Å². The summed E-state index contributed by atoms with van der Waals surface area (Å²) in [5, 5.41) is 11.0. The molecule has 4 N–H and O–H groups in total. The van der Waals surface area contributed by atoms with Gasteiger partial charge in [0.2, 0.25) is 17.6 Å². The molecule has 1 aliphatic carbocycles. The molecular weight excluding hydrogens is 582 g/mol. The maximum absolute atomic E-state index is 14.2. The number of amides is 5. The molecule has 44 heavy (non-hydrogen) atoms. The summed E-state index contributed by atoms with van der Waals surface area (Å²) < 4.78 is 12.6. The van der Waals surface area contributed by atoms with Crippen LogP contribution in [0.1, 0.15) is 81.1 Å². The number of Topliss-reactive ketones (excluding diaryl/α,β-unsaturated/α-hetero) is 1. The summed E-state index contributed by atoms with van der Waals surface area (Å²) in [6.07, 6.45) is 3.94. The second-order valence-electron chi connectivity index (χ2n) is 14.6. The van der Waals surface area contributed by atoms with Crippen LogP contribution in [0.5, 0.6) is 0 Å². The van der Waals surface area contributed by atoms with Gasteiger partial charge < -0.3 is 26.2 Å². The number of rotatable bonds is 13. The van der Waals surface area contributed by atoms with E-state index in [1.54, 1.807) is 4.90 Å².